The van der Waals surface area contributed by atoms with E-state index >= 15 is 0 Å². The largest absolute Gasteiger partial charge is 0.467 e. The molecular weight excluding hydrogens is 310 g/mol. The summed E-state index contributed by atoms with van der Waals surface area (Å²) in [6.45, 7) is 2.87. The Labute approximate surface area is 139 Å². The fraction of sp³-hybridized carbons (Fsp3) is 0.588. The molecule has 0 bridgehead atoms. The first-order chi connectivity index (χ1) is 11.5. The minimum absolute atomic E-state index is 0.0142. The Balaban J connectivity index is 1.63. The summed E-state index contributed by atoms with van der Waals surface area (Å²) in [5.74, 6) is 0.350. The van der Waals surface area contributed by atoms with Crippen molar-refractivity contribution in [1.82, 2.24) is 15.5 Å². The number of fused-ring (bicyclic) bond motifs is 3. The van der Waals surface area contributed by atoms with Crippen LogP contribution in [0.15, 0.2) is 22.8 Å². The fourth-order valence-electron chi connectivity index (χ4n) is 4.49. The summed E-state index contributed by atoms with van der Waals surface area (Å²) in [5, 5.41) is 5.73. The van der Waals surface area contributed by atoms with Gasteiger partial charge in [0, 0.05) is 18.9 Å². The van der Waals surface area contributed by atoms with Crippen molar-refractivity contribution in [2.45, 2.75) is 32.5 Å². The molecule has 1 aromatic rings. The van der Waals surface area contributed by atoms with Crippen LogP contribution in [0.1, 0.15) is 25.5 Å². The second kappa shape index (κ2) is 5.73. The predicted octanol–water partition coefficient (Wildman–Crippen LogP) is 1.11. The van der Waals surface area contributed by atoms with Crippen LogP contribution < -0.4 is 10.6 Å². The molecule has 2 N–H and O–H groups in total. The number of amides is 3. The summed E-state index contributed by atoms with van der Waals surface area (Å²) in [6, 6.07) is 3.15. The highest BCUT2D eigenvalue weighted by atomic mass is 16.3. The Morgan fingerprint density at radius 2 is 2.17 bits per heavy atom. The van der Waals surface area contributed by atoms with Crippen molar-refractivity contribution in [3.63, 3.8) is 0 Å². The number of furan rings is 1. The molecule has 3 fully saturated rings. The molecule has 0 aromatic carbocycles. The van der Waals surface area contributed by atoms with E-state index in [0.717, 1.165) is 6.42 Å². The number of nitrogens with one attached hydrogen (secondary N) is 2. The van der Waals surface area contributed by atoms with Crippen molar-refractivity contribution in [3.8, 4) is 0 Å². The predicted molar refractivity (Wildman–Crippen MR) is 83.5 cm³/mol. The number of urea groups is 1. The number of nitrogens with zero attached hydrogens (tertiary/aromatic N) is 1. The number of hydrogen-bond donors (Lipinski definition) is 2. The van der Waals surface area contributed by atoms with Gasteiger partial charge in [-0.05, 0) is 30.4 Å². The molecule has 2 saturated heterocycles. The Kier molecular flexibility index (Phi) is 3.68. The third kappa shape index (κ3) is 2.43. The van der Waals surface area contributed by atoms with E-state index in [2.05, 4.69) is 17.6 Å². The van der Waals surface area contributed by atoms with Crippen LogP contribution in [0.2, 0.25) is 0 Å². The monoisotopic (exact) mass is 331 g/mol. The number of imide groups is 1. The molecular formula is C17H21N3O4. The van der Waals surface area contributed by atoms with Crippen LogP contribution in [0.3, 0.4) is 0 Å². The molecule has 2 aliphatic heterocycles. The van der Waals surface area contributed by atoms with Crippen LogP contribution in [-0.4, -0.2) is 35.3 Å². The SMILES string of the molecule is CC1CC(=O)C2CNC3C(C(=O)NC(=O)N3Cc3ccco3)C2C1. The standard InChI is InChI=1S/C17H21N3O4/c1-9-5-11-12(13(21)6-9)7-18-15-14(11)16(22)19-17(23)20(15)8-10-3-2-4-24-10/h2-4,9,11-12,14-15,18H,5-8H2,1H3,(H,19,22,23). The second-order valence-corrected chi connectivity index (χ2v) is 7.16. The van der Waals surface area contributed by atoms with Crippen molar-refractivity contribution in [1.29, 1.82) is 0 Å². The van der Waals surface area contributed by atoms with Crippen LogP contribution in [-0.2, 0) is 16.1 Å². The topological polar surface area (TPSA) is 91.7 Å². The molecule has 0 spiro atoms. The minimum Gasteiger partial charge on any atom is -0.467 e. The molecule has 3 heterocycles. The maximum Gasteiger partial charge on any atom is 0.325 e. The lowest BCUT2D eigenvalue weighted by atomic mass is 9.65. The summed E-state index contributed by atoms with van der Waals surface area (Å²) in [4.78, 5) is 38.8. The van der Waals surface area contributed by atoms with E-state index in [9.17, 15) is 14.4 Å². The number of ketones is 1. The molecule has 4 rings (SSSR count). The number of rotatable bonds is 2. The Hall–Kier alpha value is -2.15. The van der Waals surface area contributed by atoms with Gasteiger partial charge in [-0.25, -0.2) is 4.79 Å². The van der Waals surface area contributed by atoms with Crippen LogP contribution >= 0.6 is 0 Å². The van der Waals surface area contributed by atoms with Crippen molar-refractivity contribution in [3.05, 3.63) is 24.2 Å². The average Bonchev–Trinajstić information content (AvgIpc) is 3.03. The maximum absolute atomic E-state index is 12.5. The van der Waals surface area contributed by atoms with E-state index in [4.69, 9.17) is 4.42 Å². The summed E-state index contributed by atoms with van der Waals surface area (Å²) >= 11 is 0. The molecule has 1 saturated carbocycles. The van der Waals surface area contributed by atoms with Gasteiger partial charge in [-0.1, -0.05) is 6.92 Å². The van der Waals surface area contributed by atoms with Gasteiger partial charge in [0.2, 0.25) is 5.91 Å². The molecule has 1 aliphatic carbocycles. The average molecular weight is 331 g/mol. The Morgan fingerprint density at radius 1 is 1.33 bits per heavy atom. The number of carbonyl (C=O) groups is 3. The summed E-state index contributed by atoms with van der Waals surface area (Å²) in [7, 11) is 0. The quantitative estimate of drug-likeness (QED) is 0.847. The Morgan fingerprint density at radius 3 is 2.92 bits per heavy atom. The first-order valence-corrected chi connectivity index (χ1v) is 8.44. The molecule has 1 aromatic heterocycles. The van der Waals surface area contributed by atoms with E-state index in [-0.39, 0.29) is 29.4 Å². The van der Waals surface area contributed by atoms with Crippen LogP contribution in [0.25, 0.3) is 0 Å². The third-order valence-corrected chi connectivity index (χ3v) is 5.54. The summed E-state index contributed by atoms with van der Waals surface area (Å²) in [5.41, 5.74) is 0. The number of piperidine rings is 1. The highest BCUT2D eigenvalue weighted by molar-refractivity contribution is 5.99. The fourth-order valence-corrected chi connectivity index (χ4v) is 4.49. The summed E-state index contributed by atoms with van der Waals surface area (Å²) < 4.78 is 5.34. The summed E-state index contributed by atoms with van der Waals surface area (Å²) in [6.07, 6.45) is 2.59. The van der Waals surface area contributed by atoms with Crippen LogP contribution in [0.4, 0.5) is 4.79 Å². The molecule has 3 aliphatic rings. The smallest absolute Gasteiger partial charge is 0.325 e. The lowest BCUT2D eigenvalue weighted by Gasteiger charge is -2.50. The van der Waals surface area contributed by atoms with Gasteiger partial charge < -0.3 is 9.32 Å². The lowest BCUT2D eigenvalue weighted by molar-refractivity contribution is -0.143. The van der Waals surface area contributed by atoms with Crippen LogP contribution in [0.5, 0.6) is 0 Å². The van der Waals surface area contributed by atoms with Crippen LogP contribution in [0, 0.1) is 23.7 Å². The zero-order valence-electron chi connectivity index (χ0n) is 13.5. The van der Waals surface area contributed by atoms with E-state index in [1.165, 1.54) is 0 Å². The van der Waals surface area contributed by atoms with E-state index in [1.54, 1.807) is 23.3 Å². The van der Waals surface area contributed by atoms with Crippen molar-refractivity contribution in [2.75, 3.05) is 6.54 Å². The zero-order chi connectivity index (χ0) is 16.8. The van der Waals surface area contributed by atoms with Gasteiger partial charge in [-0.15, -0.1) is 0 Å². The normalized spacial score (nSPS) is 36.1. The minimum atomic E-state index is -0.418. The first-order valence-electron chi connectivity index (χ1n) is 8.44. The van der Waals surface area contributed by atoms with Crippen molar-refractivity contribution in [2.24, 2.45) is 23.7 Å². The molecule has 7 nitrogen and oxygen atoms in total. The number of hydrogen-bond acceptors (Lipinski definition) is 5. The van der Waals surface area contributed by atoms with Gasteiger partial charge in [-0.2, -0.15) is 0 Å². The maximum atomic E-state index is 12.5. The molecule has 5 atom stereocenters. The Bertz CT molecular complexity index is 671. The van der Waals surface area contributed by atoms with Gasteiger partial charge in [0.25, 0.3) is 0 Å². The lowest BCUT2D eigenvalue weighted by Crippen LogP contribution is -2.70. The highest BCUT2D eigenvalue weighted by Gasteiger charge is 2.53. The molecule has 128 valence electrons. The second-order valence-electron chi connectivity index (χ2n) is 7.16. The highest BCUT2D eigenvalue weighted by Crippen LogP contribution is 2.41. The van der Waals surface area contributed by atoms with E-state index in [1.807, 2.05) is 0 Å². The van der Waals surface area contributed by atoms with Gasteiger partial charge in [0.05, 0.1) is 24.9 Å². The molecule has 24 heavy (non-hydrogen) atoms. The van der Waals surface area contributed by atoms with Gasteiger partial charge in [0.1, 0.15) is 11.5 Å². The van der Waals surface area contributed by atoms with Gasteiger partial charge in [-0.3, -0.25) is 20.2 Å². The van der Waals surface area contributed by atoms with Gasteiger partial charge in [0.15, 0.2) is 0 Å². The molecule has 3 amide bonds. The third-order valence-electron chi connectivity index (χ3n) is 5.54. The molecule has 7 heteroatoms. The number of Topliss-reactive ketones (excluding diaryl/α,β-unsaturated/α-hetero) is 1. The van der Waals surface area contributed by atoms with Crippen molar-refractivity contribution < 1.29 is 18.8 Å². The van der Waals surface area contributed by atoms with E-state index in [0.29, 0.717) is 25.3 Å². The van der Waals surface area contributed by atoms with E-state index < -0.39 is 18.1 Å². The first kappa shape index (κ1) is 15.4. The van der Waals surface area contributed by atoms with Crippen molar-refractivity contribution >= 4 is 17.7 Å². The number of carbonyl (C=O) groups excluding carboxylic acids is 3. The van der Waals surface area contributed by atoms with Gasteiger partial charge >= 0.3 is 6.03 Å². The zero-order valence-corrected chi connectivity index (χ0v) is 13.5. The molecule has 5 unspecified atom stereocenters. The molecule has 0 radical (unpaired) electrons.